The van der Waals surface area contributed by atoms with E-state index in [0.717, 1.165) is 10.9 Å². The number of hydrogen-bond donors (Lipinski definition) is 1. The first-order chi connectivity index (χ1) is 7.24. The van der Waals surface area contributed by atoms with Gasteiger partial charge in [-0.25, -0.2) is 5.06 Å². The lowest BCUT2D eigenvalue weighted by Crippen LogP contribution is -2.25. The van der Waals surface area contributed by atoms with Crippen LogP contribution in [0.5, 0.6) is 0 Å². The Balaban J connectivity index is 2.51. The summed E-state index contributed by atoms with van der Waals surface area (Å²) < 4.78 is 0. The Morgan fingerprint density at radius 2 is 2.20 bits per heavy atom. The molecule has 2 rings (SSSR count). The molecule has 1 amide bonds. The van der Waals surface area contributed by atoms with E-state index in [0.29, 0.717) is 5.56 Å². The van der Waals surface area contributed by atoms with Crippen LogP contribution in [0, 0.1) is 0 Å². The van der Waals surface area contributed by atoms with E-state index in [-0.39, 0.29) is 5.91 Å². The van der Waals surface area contributed by atoms with Crippen molar-refractivity contribution >= 4 is 16.8 Å². The lowest BCUT2D eigenvalue weighted by Gasteiger charge is -2.13. The molecule has 0 saturated heterocycles. The highest BCUT2D eigenvalue weighted by Gasteiger charge is 2.14. The molecule has 0 aliphatic heterocycles. The van der Waals surface area contributed by atoms with E-state index in [9.17, 15) is 4.79 Å². The van der Waals surface area contributed by atoms with Gasteiger partial charge in [-0.1, -0.05) is 12.1 Å². The highest BCUT2D eigenvalue weighted by Crippen LogP contribution is 2.18. The largest absolute Gasteiger partial charge is 0.361 e. The molecule has 1 aromatic carbocycles. The number of nitrogens with zero attached hydrogens (tertiary/aromatic N) is 1. The maximum atomic E-state index is 11.9. The molecule has 1 heterocycles. The molecule has 0 saturated carbocycles. The topological polar surface area (TPSA) is 45.3 Å². The second-order valence-corrected chi connectivity index (χ2v) is 3.23. The summed E-state index contributed by atoms with van der Waals surface area (Å²) >= 11 is 0. The zero-order chi connectivity index (χ0) is 10.8. The van der Waals surface area contributed by atoms with Crippen LogP contribution < -0.4 is 0 Å². The van der Waals surface area contributed by atoms with Crippen LogP contribution in [-0.4, -0.2) is 30.1 Å². The van der Waals surface area contributed by atoms with Crippen molar-refractivity contribution in [3.8, 4) is 0 Å². The molecule has 4 nitrogen and oxygen atoms in total. The number of para-hydroxylation sites is 1. The van der Waals surface area contributed by atoms with Crippen molar-refractivity contribution in [1.29, 1.82) is 0 Å². The third-order valence-electron chi connectivity index (χ3n) is 2.38. The van der Waals surface area contributed by atoms with Crippen molar-refractivity contribution in [2.45, 2.75) is 0 Å². The highest BCUT2D eigenvalue weighted by atomic mass is 16.7. The zero-order valence-electron chi connectivity index (χ0n) is 8.65. The van der Waals surface area contributed by atoms with Crippen molar-refractivity contribution in [2.75, 3.05) is 14.2 Å². The number of carbonyl (C=O) groups excluding carboxylic acids is 1. The first-order valence-electron chi connectivity index (χ1n) is 4.62. The van der Waals surface area contributed by atoms with Gasteiger partial charge in [0.2, 0.25) is 0 Å². The molecule has 0 spiro atoms. The molecule has 1 N–H and O–H groups in total. The van der Waals surface area contributed by atoms with Crippen LogP contribution in [0.25, 0.3) is 10.9 Å². The van der Waals surface area contributed by atoms with E-state index in [1.165, 1.54) is 12.2 Å². The number of H-pyrrole nitrogens is 1. The van der Waals surface area contributed by atoms with Crippen LogP contribution in [0.15, 0.2) is 30.5 Å². The molecule has 0 unspecified atom stereocenters. The second kappa shape index (κ2) is 3.74. The number of aromatic amines is 1. The summed E-state index contributed by atoms with van der Waals surface area (Å²) in [5.74, 6) is -0.162. The number of hydrogen-bond acceptors (Lipinski definition) is 2. The number of rotatable bonds is 2. The lowest BCUT2D eigenvalue weighted by molar-refractivity contribution is -0.0755. The number of nitrogens with one attached hydrogen (secondary N) is 1. The minimum atomic E-state index is -0.162. The maximum Gasteiger partial charge on any atom is 0.279 e. The van der Waals surface area contributed by atoms with Crippen molar-refractivity contribution < 1.29 is 9.63 Å². The summed E-state index contributed by atoms with van der Waals surface area (Å²) in [6, 6.07) is 7.51. The highest BCUT2D eigenvalue weighted by molar-refractivity contribution is 6.05. The quantitative estimate of drug-likeness (QED) is 0.758. The van der Waals surface area contributed by atoms with Gasteiger partial charge in [0.25, 0.3) is 5.91 Å². The molecular weight excluding hydrogens is 192 g/mol. The predicted octanol–water partition coefficient (Wildman–Crippen LogP) is 1.80. The van der Waals surface area contributed by atoms with Gasteiger partial charge in [-0.05, 0) is 12.1 Å². The maximum absolute atomic E-state index is 11.9. The molecule has 1 aromatic heterocycles. The zero-order valence-corrected chi connectivity index (χ0v) is 8.65. The van der Waals surface area contributed by atoms with Crippen LogP contribution in [0.1, 0.15) is 10.4 Å². The second-order valence-electron chi connectivity index (χ2n) is 3.23. The Morgan fingerprint density at radius 1 is 1.40 bits per heavy atom. The minimum absolute atomic E-state index is 0.162. The van der Waals surface area contributed by atoms with Gasteiger partial charge in [-0.15, -0.1) is 0 Å². The fraction of sp³-hybridized carbons (Fsp3) is 0.182. The van der Waals surface area contributed by atoms with Crippen molar-refractivity contribution in [3.05, 3.63) is 36.0 Å². The fourth-order valence-electron chi connectivity index (χ4n) is 1.52. The van der Waals surface area contributed by atoms with Crippen LogP contribution in [0.2, 0.25) is 0 Å². The molecule has 15 heavy (non-hydrogen) atoms. The average molecular weight is 204 g/mol. The van der Waals surface area contributed by atoms with Gasteiger partial charge in [-0.2, -0.15) is 0 Å². The number of aromatic nitrogens is 1. The van der Waals surface area contributed by atoms with E-state index in [4.69, 9.17) is 4.84 Å². The van der Waals surface area contributed by atoms with E-state index in [2.05, 4.69) is 4.98 Å². The van der Waals surface area contributed by atoms with Gasteiger partial charge >= 0.3 is 0 Å². The number of amides is 1. The van der Waals surface area contributed by atoms with E-state index in [1.54, 1.807) is 13.1 Å². The van der Waals surface area contributed by atoms with Gasteiger partial charge < -0.3 is 4.98 Å². The van der Waals surface area contributed by atoms with Crippen LogP contribution >= 0.6 is 0 Å². The van der Waals surface area contributed by atoms with Crippen LogP contribution in [0.4, 0.5) is 0 Å². The predicted molar refractivity (Wildman–Crippen MR) is 57.4 cm³/mol. The molecule has 0 bridgehead atoms. The summed E-state index contributed by atoms with van der Waals surface area (Å²) in [6.45, 7) is 0. The van der Waals surface area contributed by atoms with E-state index in [1.807, 2.05) is 24.4 Å². The molecule has 0 atom stereocenters. The molecule has 0 aliphatic rings. The van der Waals surface area contributed by atoms with Gasteiger partial charge in [0.05, 0.1) is 18.2 Å². The average Bonchev–Trinajstić information content (AvgIpc) is 2.74. The number of benzene rings is 1. The third kappa shape index (κ3) is 1.59. The standard InChI is InChI=1S/C11H12N2O2/c1-13(15-2)11(14)9-5-3-4-8-6-7-12-10(8)9/h3-7,12H,1-2H3. The molecular formula is C11H12N2O2. The summed E-state index contributed by atoms with van der Waals surface area (Å²) in [5.41, 5.74) is 1.45. The lowest BCUT2D eigenvalue weighted by atomic mass is 10.1. The van der Waals surface area contributed by atoms with Gasteiger partial charge in [0.15, 0.2) is 0 Å². The van der Waals surface area contributed by atoms with Crippen LogP contribution in [0.3, 0.4) is 0 Å². The first kappa shape index (κ1) is 9.73. The number of carbonyl (C=O) groups is 1. The summed E-state index contributed by atoms with van der Waals surface area (Å²) in [7, 11) is 3.05. The molecule has 2 aromatic rings. The third-order valence-corrected chi connectivity index (χ3v) is 2.38. The van der Waals surface area contributed by atoms with E-state index < -0.39 is 0 Å². The van der Waals surface area contributed by atoms with Crippen molar-refractivity contribution in [3.63, 3.8) is 0 Å². The van der Waals surface area contributed by atoms with E-state index >= 15 is 0 Å². The van der Waals surface area contributed by atoms with Gasteiger partial charge in [-0.3, -0.25) is 9.63 Å². The minimum Gasteiger partial charge on any atom is -0.361 e. The van der Waals surface area contributed by atoms with Crippen molar-refractivity contribution in [2.24, 2.45) is 0 Å². The Kier molecular flexibility index (Phi) is 2.43. The fourth-order valence-corrected chi connectivity index (χ4v) is 1.52. The number of fused-ring (bicyclic) bond motifs is 1. The normalized spacial score (nSPS) is 10.5. The molecule has 0 aliphatic carbocycles. The Labute approximate surface area is 87.4 Å². The Bertz CT molecular complexity index is 490. The first-order valence-corrected chi connectivity index (χ1v) is 4.62. The summed E-state index contributed by atoms with van der Waals surface area (Å²) in [4.78, 5) is 19.8. The number of hydroxylamine groups is 2. The Hall–Kier alpha value is -1.81. The summed E-state index contributed by atoms with van der Waals surface area (Å²) in [5, 5.41) is 2.22. The molecule has 4 heteroatoms. The Morgan fingerprint density at radius 3 is 2.93 bits per heavy atom. The summed E-state index contributed by atoms with van der Waals surface area (Å²) in [6.07, 6.45) is 1.81. The van der Waals surface area contributed by atoms with Gasteiger partial charge in [0.1, 0.15) is 0 Å². The molecule has 78 valence electrons. The van der Waals surface area contributed by atoms with Gasteiger partial charge in [0, 0.05) is 18.6 Å². The molecule has 0 radical (unpaired) electrons. The van der Waals surface area contributed by atoms with Crippen molar-refractivity contribution in [1.82, 2.24) is 10.0 Å². The molecule has 0 fully saturated rings. The van der Waals surface area contributed by atoms with Crippen LogP contribution in [-0.2, 0) is 4.84 Å². The smallest absolute Gasteiger partial charge is 0.279 e. The monoisotopic (exact) mass is 204 g/mol. The SMILES string of the molecule is CON(C)C(=O)c1cccc2cc[nH]c12.